The Labute approximate surface area is 115 Å². The Morgan fingerprint density at radius 1 is 1.47 bits per heavy atom. The van der Waals surface area contributed by atoms with Gasteiger partial charge in [0.15, 0.2) is 0 Å². The molecular formula is C14H24N4O. The predicted octanol–water partition coefficient (Wildman–Crippen LogP) is 1.17. The van der Waals surface area contributed by atoms with Crippen LogP contribution in [-0.2, 0) is 10.2 Å². The first-order chi connectivity index (χ1) is 8.96. The Morgan fingerprint density at radius 2 is 2.11 bits per heavy atom. The van der Waals surface area contributed by atoms with Crippen LogP contribution in [0.15, 0.2) is 12.5 Å². The summed E-state index contributed by atoms with van der Waals surface area (Å²) < 4.78 is 2.04. The molecule has 1 unspecified atom stereocenters. The molecule has 106 valence electrons. The molecule has 1 aliphatic heterocycles. The van der Waals surface area contributed by atoms with Crippen molar-refractivity contribution in [2.75, 3.05) is 27.2 Å². The number of nitrogens with one attached hydrogen (secondary N) is 1. The molecule has 2 rings (SSSR count). The molecule has 1 N–H and O–H groups in total. The zero-order valence-electron chi connectivity index (χ0n) is 12.3. The van der Waals surface area contributed by atoms with E-state index in [2.05, 4.69) is 17.2 Å². The third-order valence-electron chi connectivity index (χ3n) is 4.21. The number of nitrogens with zero attached hydrogens (tertiary/aromatic N) is 3. The highest BCUT2D eigenvalue weighted by molar-refractivity contribution is 5.79. The van der Waals surface area contributed by atoms with E-state index in [1.165, 1.54) is 5.69 Å². The van der Waals surface area contributed by atoms with Gasteiger partial charge >= 0.3 is 0 Å². The summed E-state index contributed by atoms with van der Waals surface area (Å²) in [4.78, 5) is 18.1. The fourth-order valence-electron chi connectivity index (χ4n) is 2.81. The summed E-state index contributed by atoms with van der Waals surface area (Å²) in [5.41, 5.74) is 1.29. The van der Waals surface area contributed by atoms with Crippen molar-refractivity contribution in [1.82, 2.24) is 19.8 Å². The van der Waals surface area contributed by atoms with Gasteiger partial charge in [-0.15, -0.1) is 0 Å². The van der Waals surface area contributed by atoms with Crippen molar-refractivity contribution in [1.29, 1.82) is 0 Å². The van der Waals surface area contributed by atoms with Crippen LogP contribution in [0.5, 0.6) is 0 Å². The average Bonchev–Trinajstić information content (AvgIpc) is 2.87. The van der Waals surface area contributed by atoms with Crippen LogP contribution >= 0.6 is 0 Å². The van der Waals surface area contributed by atoms with E-state index >= 15 is 0 Å². The highest BCUT2D eigenvalue weighted by atomic mass is 16.2. The number of carbonyl (C=O) groups excluding carboxylic acids is 1. The summed E-state index contributed by atoms with van der Waals surface area (Å²) in [6.07, 6.45) is 5.88. The molecule has 0 aliphatic carbocycles. The number of likely N-dealkylation sites (N-methyl/N-ethyl adjacent to an activating group) is 1. The normalized spacial score (nSPS) is 20.0. The highest BCUT2D eigenvalue weighted by Gasteiger charge is 2.33. The standard InChI is InChI=1S/C14H24N4O/c1-11(13(19)17(3)4)18-10-16-9-12(18)14(2)5-7-15-8-6-14/h9-11,15H,5-8H2,1-4H3. The molecule has 1 atom stereocenters. The summed E-state index contributed by atoms with van der Waals surface area (Å²) in [6, 6.07) is -0.195. The van der Waals surface area contributed by atoms with Crippen LogP contribution in [0.4, 0.5) is 0 Å². The largest absolute Gasteiger partial charge is 0.347 e. The molecule has 0 aromatic carbocycles. The third-order valence-corrected chi connectivity index (χ3v) is 4.21. The molecule has 1 amide bonds. The van der Waals surface area contributed by atoms with Crippen molar-refractivity contribution in [2.45, 2.75) is 38.1 Å². The summed E-state index contributed by atoms with van der Waals surface area (Å²) in [5, 5.41) is 3.39. The molecule has 19 heavy (non-hydrogen) atoms. The van der Waals surface area contributed by atoms with Gasteiger partial charge in [-0.2, -0.15) is 0 Å². The van der Waals surface area contributed by atoms with Gasteiger partial charge in [0, 0.05) is 31.4 Å². The van der Waals surface area contributed by atoms with Crippen LogP contribution in [0.3, 0.4) is 0 Å². The smallest absolute Gasteiger partial charge is 0.244 e. The summed E-state index contributed by atoms with van der Waals surface area (Å²) in [5.74, 6) is 0.108. The first-order valence-electron chi connectivity index (χ1n) is 6.90. The maximum atomic E-state index is 12.1. The zero-order chi connectivity index (χ0) is 14.0. The zero-order valence-corrected chi connectivity index (χ0v) is 12.3. The number of imidazole rings is 1. The average molecular weight is 264 g/mol. The minimum absolute atomic E-state index is 0.108. The number of aromatic nitrogens is 2. The van der Waals surface area contributed by atoms with Crippen LogP contribution in [0, 0.1) is 0 Å². The van der Waals surface area contributed by atoms with E-state index in [1.807, 2.05) is 17.7 Å². The molecular weight excluding hydrogens is 240 g/mol. The molecule has 5 nitrogen and oxygen atoms in total. The van der Waals surface area contributed by atoms with Gasteiger partial charge in [-0.1, -0.05) is 6.92 Å². The minimum atomic E-state index is -0.195. The maximum absolute atomic E-state index is 12.1. The van der Waals surface area contributed by atoms with Crippen LogP contribution < -0.4 is 5.32 Å². The summed E-state index contributed by atoms with van der Waals surface area (Å²) >= 11 is 0. The van der Waals surface area contributed by atoms with Gasteiger partial charge in [0.25, 0.3) is 0 Å². The Hall–Kier alpha value is -1.36. The molecule has 1 aliphatic rings. The van der Waals surface area contributed by atoms with Crippen LogP contribution in [-0.4, -0.2) is 47.5 Å². The lowest BCUT2D eigenvalue weighted by Gasteiger charge is -2.35. The predicted molar refractivity (Wildman–Crippen MR) is 75.1 cm³/mol. The topological polar surface area (TPSA) is 50.2 Å². The van der Waals surface area contributed by atoms with E-state index in [0.29, 0.717) is 0 Å². The number of rotatable bonds is 3. The number of piperidine rings is 1. The molecule has 1 fully saturated rings. The van der Waals surface area contributed by atoms with Crippen LogP contribution in [0.1, 0.15) is 38.4 Å². The first kappa shape index (κ1) is 14.1. The first-order valence-corrected chi connectivity index (χ1v) is 6.90. The van der Waals surface area contributed by atoms with Crippen molar-refractivity contribution < 1.29 is 4.79 Å². The molecule has 0 spiro atoms. The lowest BCUT2D eigenvalue weighted by atomic mass is 9.78. The second-order valence-electron chi connectivity index (χ2n) is 5.91. The van der Waals surface area contributed by atoms with E-state index in [9.17, 15) is 4.79 Å². The number of carbonyl (C=O) groups is 1. The van der Waals surface area contributed by atoms with Crippen LogP contribution in [0.2, 0.25) is 0 Å². The fourth-order valence-corrected chi connectivity index (χ4v) is 2.81. The van der Waals surface area contributed by atoms with E-state index < -0.39 is 0 Å². The van der Waals surface area contributed by atoms with Crippen molar-refractivity contribution in [3.05, 3.63) is 18.2 Å². The lowest BCUT2D eigenvalue weighted by molar-refractivity contribution is -0.131. The Bertz CT molecular complexity index is 446. The Balaban J connectivity index is 2.29. The van der Waals surface area contributed by atoms with E-state index in [1.54, 1.807) is 25.3 Å². The maximum Gasteiger partial charge on any atom is 0.244 e. The number of hydrogen-bond acceptors (Lipinski definition) is 3. The van der Waals surface area contributed by atoms with Crippen molar-refractivity contribution in [3.63, 3.8) is 0 Å². The van der Waals surface area contributed by atoms with E-state index in [-0.39, 0.29) is 17.4 Å². The van der Waals surface area contributed by atoms with Gasteiger partial charge in [-0.05, 0) is 32.9 Å². The second-order valence-corrected chi connectivity index (χ2v) is 5.91. The van der Waals surface area contributed by atoms with Gasteiger partial charge in [0.05, 0.1) is 6.33 Å². The number of hydrogen-bond donors (Lipinski definition) is 1. The van der Waals surface area contributed by atoms with E-state index in [0.717, 1.165) is 25.9 Å². The lowest BCUT2D eigenvalue weighted by Crippen LogP contribution is -2.40. The van der Waals surface area contributed by atoms with Gasteiger partial charge < -0.3 is 14.8 Å². The molecule has 1 aromatic heterocycles. The molecule has 0 radical (unpaired) electrons. The molecule has 1 aromatic rings. The van der Waals surface area contributed by atoms with Gasteiger partial charge in [-0.3, -0.25) is 4.79 Å². The van der Waals surface area contributed by atoms with E-state index in [4.69, 9.17) is 0 Å². The fraction of sp³-hybridized carbons (Fsp3) is 0.714. The monoisotopic (exact) mass is 264 g/mol. The van der Waals surface area contributed by atoms with Crippen molar-refractivity contribution in [3.8, 4) is 0 Å². The van der Waals surface area contributed by atoms with Crippen molar-refractivity contribution in [2.24, 2.45) is 0 Å². The molecule has 0 saturated carbocycles. The minimum Gasteiger partial charge on any atom is -0.347 e. The third kappa shape index (κ3) is 2.66. The highest BCUT2D eigenvalue weighted by Crippen LogP contribution is 2.34. The Morgan fingerprint density at radius 3 is 2.68 bits per heavy atom. The molecule has 2 heterocycles. The van der Waals surface area contributed by atoms with Gasteiger partial charge in [0.1, 0.15) is 6.04 Å². The Kier molecular flexibility index (Phi) is 3.94. The SMILES string of the molecule is CC(C(=O)N(C)C)n1cncc1C1(C)CCNCC1. The quantitative estimate of drug-likeness (QED) is 0.891. The molecule has 1 saturated heterocycles. The van der Waals surface area contributed by atoms with Crippen LogP contribution in [0.25, 0.3) is 0 Å². The van der Waals surface area contributed by atoms with Crippen molar-refractivity contribution >= 4 is 5.91 Å². The number of amides is 1. The van der Waals surface area contributed by atoms with Gasteiger partial charge in [0.2, 0.25) is 5.91 Å². The van der Waals surface area contributed by atoms with Gasteiger partial charge in [-0.25, -0.2) is 4.98 Å². The summed E-state index contributed by atoms with van der Waals surface area (Å²) in [6.45, 7) is 6.27. The molecule has 5 heteroatoms. The summed E-state index contributed by atoms with van der Waals surface area (Å²) in [7, 11) is 3.59. The second kappa shape index (κ2) is 5.33. The molecule has 0 bridgehead atoms.